The first-order valence-electron chi connectivity index (χ1n) is 5.66. The summed E-state index contributed by atoms with van der Waals surface area (Å²) >= 11 is 0. The fourth-order valence-corrected chi connectivity index (χ4v) is 1.55. The molecule has 1 N–H and O–H groups in total. The summed E-state index contributed by atoms with van der Waals surface area (Å²) < 4.78 is 2.44. The molecule has 0 spiro atoms. The molecule has 0 aliphatic rings. The Morgan fingerprint density at radius 3 is 2.56 bits per heavy atom. The van der Waals surface area contributed by atoms with Crippen molar-refractivity contribution in [2.24, 2.45) is 19.5 Å². The van der Waals surface area contributed by atoms with Crippen molar-refractivity contribution in [2.45, 2.75) is 20.4 Å². The van der Waals surface area contributed by atoms with Crippen LogP contribution in [-0.2, 0) is 20.6 Å². The fourth-order valence-electron chi connectivity index (χ4n) is 1.55. The van der Waals surface area contributed by atoms with Crippen molar-refractivity contribution < 1.29 is 0 Å². The van der Waals surface area contributed by atoms with Gasteiger partial charge in [-0.25, -0.2) is 4.79 Å². The summed E-state index contributed by atoms with van der Waals surface area (Å²) in [7, 11) is 3.05. The molecule has 0 aliphatic heterocycles. The highest BCUT2D eigenvalue weighted by atomic mass is 16.2. The molecule has 6 heteroatoms. The van der Waals surface area contributed by atoms with E-state index in [9.17, 15) is 9.59 Å². The summed E-state index contributed by atoms with van der Waals surface area (Å²) in [4.78, 5) is 23.3. The monoisotopic (exact) mass is 250 g/mol. The first kappa shape index (κ1) is 14.2. The zero-order chi connectivity index (χ0) is 13.9. The normalized spacial score (nSPS) is 11.3. The number of hydrogen-bond donors (Lipinski definition) is 1. The number of rotatable bonds is 4. The quantitative estimate of drug-likeness (QED) is 0.797. The molecule has 0 saturated carbocycles. The number of nitrogens with zero attached hydrogens (tertiary/aromatic N) is 3. The van der Waals surface area contributed by atoms with Gasteiger partial charge in [-0.1, -0.05) is 0 Å². The van der Waals surface area contributed by atoms with E-state index in [1.54, 1.807) is 7.05 Å². The molecule has 1 aromatic rings. The van der Waals surface area contributed by atoms with Gasteiger partial charge in [0.05, 0.1) is 11.5 Å². The van der Waals surface area contributed by atoms with Gasteiger partial charge in [-0.15, -0.1) is 0 Å². The lowest BCUT2D eigenvalue weighted by atomic mass is 9.96. The van der Waals surface area contributed by atoms with Crippen molar-refractivity contribution in [1.82, 2.24) is 14.5 Å². The van der Waals surface area contributed by atoms with E-state index in [1.807, 2.05) is 13.8 Å². The minimum Gasteiger partial charge on any atom is -0.311 e. The molecule has 0 unspecified atom stereocenters. The van der Waals surface area contributed by atoms with Crippen molar-refractivity contribution in [3.8, 4) is 6.07 Å². The molecule has 0 atom stereocenters. The molecule has 0 radical (unpaired) electrons. The molecule has 0 amide bonds. The van der Waals surface area contributed by atoms with Crippen molar-refractivity contribution in [3.63, 3.8) is 0 Å². The van der Waals surface area contributed by atoms with E-state index >= 15 is 0 Å². The van der Waals surface area contributed by atoms with Crippen molar-refractivity contribution in [3.05, 3.63) is 32.6 Å². The summed E-state index contributed by atoms with van der Waals surface area (Å²) in [5, 5.41) is 11.9. The lowest BCUT2D eigenvalue weighted by Crippen LogP contribution is -2.40. The van der Waals surface area contributed by atoms with Crippen LogP contribution in [0.3, 0.4) is 0 Å². The van der Waals surface area contributed by atoms with Gasteiger partial charge in [0, 0.05) is 38.9 Å². The van der Waals surface area contributed by atoms with E-state index in [2.05, 4.69) is 11.4 Å². The number of nitrogens with one attached hydrogen (secondary N) is 1. The van der Waals surface area contributed by atoms with Crippen molar-refractivity contribution in [2.75, 3.05) is 6.54 Å². The van der Waals surface area contributed by atoms with Crippen LogP contribution in [-0.4, -0.2) is 15.7 Å². The Balaban J connectivity index is 2.86. The lowest BCUT2D eigenvalue weighted by Gasteiger charge is -2.16. The predicted molar refractivity (Wildman–Crippen MR) is 68.0 cm³/mol. The molecule has 1 aromatic heterocycles. The van der Waals surface area contributed by atoms with E-state index in [0.29, 0.717) is 18.7 Å². The lowest BCUT2D eigenvalue weighted by molar-refractivity contribution is 0.442. The molecule has 0 bridgehead atoms. The molecular weight excluding hydrogens is 232 g/mol. The summed E-state index contributed by atoms with van der Waals surface area (Å²) in [6.45, 7) is 4.46. The molecular formula is C12H18N4O2. The van der Waals surface area contributed by atoms with Crippen LogP contribution in [0.4, 0.5) is 0 Å². The van der Waals surface area contributed by atoms with Crippen LogP contribution >= 0.6 is 0 Å². The largest absolute Gasteiger partial charge is 0.330 e. The summed E-state index contributed by atoms with van der Waals surface area (Å²) in [6, 6.07) is 2.17. The highest BCUT2D eigenvalue weighted by molar-refractivity contribution is 5.05. The van der Waals surface area contributed by atoms with Crippen LogP contribution < -0.4 is 16.6 Å². The van der Waals surface area contributed by atoms with Crippen LogP contribution in [0.25, 0.3) is 0 Å². The molecule has 0 aliphatic carbocycles. The van der Waals surface area contributed by atoms with Gasteiger partial charge in [0.15, 0.2) is 0 Å². The van der Waals surface area contributed by atoms with E-state index in [0.717, 1.165) is 4.57 Å². The standard InChI is InChI=1S/C12H18N4O2/c1-12(2,7-13)8-14-5-9-6-15(3)11(18)16(4)10(9)17/h6,14H,5,8H2,1-4H3. The Kier molecular flexibility index (Phi) is 4.09. The van der Waals surface area contributed by atoms with Gasteiger partial charge < -0.3 is 9.88 Å². The second-order valence-electron chi connectivity index (χ2n) is 5.01. The van der Waals surface area contributed by atoms with E-state index < -0.39 is 5.41 Å². The summed E-state index contributed by atoms with van der Waals surface area (Å²) in [5.74, 6) is 0. The zero-order valence-corrected chi connectivity index (χ0v) is 11.1. The fraction of sp³-hybridized carbons (Fsp3) is 0.583. The van der Waals surface area contributed by atoms with E-state index in [4.69, 9.17) is 5.26 Å². The number of nitriles is 1. The minimum atomic E-state index is -0.480. The van der Waals surface area contributed by atoms with Gasteiger partial charge in [0.1, 0.15) is 0 Å². The summed E-state index contributed by atoms with van der Waals surface area (Å²) in [6.07, 6.45) is 1.52. The average Bonchev–Trinajstić information content (AvgIpc) is 2.33. The second kappa shape index (κ2) is 5.19. The Bertz CT molecular complexity index is 590. The van der Waals surface area contributed by atoms with Crippen LogP contribution in [0.2, 0.25) is 0 Å². The van der Waals surface area contributed by atoms with Gasteiger partial charge in [-0.05, 0) is 13.8 Å². The van der Waals surface area contributed by atoms with Crippen LogP contribution in [0, 0.1) is 16.7 Å². The first-order chi connectivity index (χ1) is 8.28. The number of aromatic nitrogens is 2. The molecule has 0 fully saturated rings. The smallest absolute Gasteiger partial charge is 0.311 e. The molecule has 0 saturated heterocycles. The van der Waals surface area contributed by atoms with Gasteiger partial charge in [0.25, 0.3) is 5.56 Å². The number of hydrogen-bond acceptors (Lipinski definition) is 4. The Labute approximate surface area is 105 Å². The highest BCUT2D eigenvalue weighted by Gasteiger charge is 2.16. The topological polar surface area (TPSA) is 79.8 Å². The Morgan fingerprint density at radius 2 is 2.00 bits per heavy atom. The molecule has 6 nitrogen and oxygen atoms in total. The third-order valence-corrected chi connectivity index (χ3v) is 2.70. The Hall–Kier alpha value is -1.87. The molecule has 1 heterocycles. The molecule has 18 heavy (non-hydrogen) atoms. The summed E-state index contributed by atoms with van der Waals surface area (Å²) in [5.41, 5.74) is -0.624. The van der Waals surface area contributed by atoms with Gasteiger partial charge in [-0.2, -0.15) is 5.26 Å². The van der Waals surface area contributed by atoms with Crippen molar-refractivity contribution >= 4 is 0 Å². The van der Waals surface area contributed by atoms with Crippen LogP contribution in [0.5, 0.6) is 0 Å². The van der Waals surface area contributed by atoms with Gasteiger partial charge >= 0.3 is 5.69 Å². The third kappa shape index (κ3) is 3.08. The number of aryl methyl sites for hydroxylation is 1. The average molecular weight is 250 g/mol. The van der Waals surface area contributed by atoms with E-state index in [-0.39, 0.29) is 11.2 Å². The maximum atomic E-state index is 11.8. The predicted octanol–water partition coefficient (Wildman–Crippen LogP) is -0.277. The van der Waals surface area contributed by atoms with Gasteiger partial charge in [-0.3, -0.25) is 9.36 Å². The van der Waals surface area contributed by atoms with E-state index in [1.165, 1.54) is 17.8 Å². The maximum Gasteiger partial charge on any atom is 0.330 e. The molecule has 98 valence electrons. The zero-order valence-electron chi connectivity index (χ0n) is 11.1. The molecule has 1 rings (SSSR count). The second-order valence-corrected chi connectivity index (χ2v) is 5.01. The Morgan fingerprint density at radius 1 is 1.39 bits per heavy atom. The van der Waals surface area contributed by atoms with Crippen LogP contribution in [0.15, 0.2) is 15.8 Å². The highest BCUT2D eigenvalue weighted by Crippen LogP contribution is 2.10. The molecule has 0 aromatic carbocycles. The first-order valence-corrected chi connectivity index (χ1v) is 5.66. The van der Waals surface area contributed by atoms with Crippen molar-refractivity contribution in [1.29, 1.82) is 5.26 Å². The SMILES string of the molecule is Cn1cc(CNCC(C)(C)C#N)c(=O)n(C)c1=O. The maximum absolute atomic E-state index is 11.8. The van der Waals surface area contributed by atoms with Crippen LogP contribution in [0.1, 0.15) is 19.4 Å². The third-order valence-electron chi connectivity index (χ3n) is 2.70. The minimum absolute atomic E-state index is 0.305. The van der Waals surface area contributed by atoms with Gasteiger partial charge in [0.2, 0.25) is 0 Å².